The Morgan fingerprint density at radius 3 is 2.50 bits per heavy atom. The Bertz CT molecular complexity index is 812. The highest BCUT2D eigenvalue weighted by atomic mass is 16.6. The number of rotatable bonds is 4. The van der Waals surface area contributed by atoms with E-state index in [4.69, 9.17) is 9.47 Å². The third kappa shape index (κ3) is 3.18. The van der Waals surface area contributed by atoms with Gasteiger partial charge in [-0.3, -0.25) is 9.59 Å². The zero-order valence-electron chi connectivity index (χ0n) is 18.7. The van der Waals surface area contributed by atoms with E-state index in [0.29, 0.717) is 29.6 Å². The molecular weight excluding hydrogens is 388 g/mol. The molecule has 2 unspecified atom stereocenters. The van der Waals surface area contributed by atoms with E-state index in [1.807, 2.05) is 20.8 Å². The Morgan fingerprint density at radius 1 is 1.33 bits per heavy atom. The number of carbonyl (C=O) groups is 2. The number of Topliss-reactive ketones (excluding diaryl/α,β-unsaturated/α-hetero) is 1. The van der Waals surface area contributed by atoms with Crippen LogP contribution in [-0.4, -0.2) is 63.7 Å². The first-order valence-electron chi connectivity index (χ1n) is 10.6. The second kappa shape index (κ2) is 7.55. The summed E-state index contributed by atoms with van der Waals surface area (Å²) in [5.41, 5.74) is -3.89. The molecule has 0 spiro atoms. The minimum absolute atomic E-state index is 0.0303. The number of methoxy groups -OCH3 is 1. The van der Waals surface area contributed by atoms with Crippen LogP contribution >= 0.6 is 0 Å². The number of esters is 1. The van der Waals surface area contributed by atoms with Crippen LogP contribution in [0.25, 0.3) is 0 Å². The predicted octanol–water partition coefficient (Wildman–Crippen LogP) is 1.69. The fraction of sp³-hybridized carbons (Fsp3) is 0.739. The Kier molecular flexibility index (Phi) is 5.82. The van der Waals surface area contributed by atoms with Gasteiger partial charge in [-0.1, -0.05) is 20.8 Å². The highest BCUT2D eigenvalue weighted by molar-refractivity contribution is 6.09. The number of carbonyl (C=O) groups excluding carboxylic acids is 2. The number of aliphatic hydroxyl groups is 3. The summed E-state index contributed by atoms with van der Waals surface area (Å²) in [6, 6.07) is 0. The lowest BCUT2D eigenvalue weighted by Gasteiger charge is -2.42. The Hall–Kier alpha value is -1.54. The largest absolute Gasteiger partial charge is 0.447 e. The van der Waals surface area contributed by atoms with E-state index in [1.54, 1.807) is 0 Å². The van der Waals surface area contributed by atoms with Crippen LogP contribution in [0.2, 0.25) is 0 Å². The van der Waals surface area contributed by atoms with E-state index in [0.717, 1.165) is 0 Å². The average molecular weight is 423 g/mol. The van der Waals surface area contributed by atoms with E-state index in [1.165, 1.54) is 27.0 Å². The predicted molar refractivity (Wildman–Crippen MR) is 109 cm³/mol. The van der Waals surface area contributed by atoms with Crippen LogP contribution in [-0.2, 0) is 19.1 Å². The molecule has 3 rings (SSSR count). The molecule has 0 aromatic heterocycles. The van der Waals surface area contributed by atoms with Crippen molar-refractivity contribution in [3.05, 3.63) is 22.8 Å². The molecule has 0 radical (unpaired) electrons. The molecule has 7 heteroatoms. The zero-order valence-corrected chi connectivity index (χ0v) is 18.7. The summed E-state index contributed by atoms with van der Waals surface area (Å²) in [6.07, 6.45) is 1.83. The standard InChI is InChI=1S/C23H34O7/c1-12(2)19-16-9-18(25)13(3)15-7-8-22(27,11-29-6)17(15)10-23(16,28)21(5,20(19)26)30-14(4)24/h10,12-13,15,18,25,27-28H,7-9,11H2,1-6H3/b17-10+/t13-,15+,18?,21+,22?,23+/m1/s1. The van der Waals surface area contributed by atoms with Gasteiger partial charge in [-0.15, -0.1) is 0 Å². The smallest absolute Gasteiger partial charge is 0.303 e. The molecule has 0 aromatic rings. The third-order valence-electron chi connectivity index (χ3n) is 7.32. The van der Waals surface area contributed by atoms with Gasteiger partial charge < -0.3 is 24.8 Å². The molecule has 0 aromatic carbocycles. The quantitative estimate of drug-likeness (QED) is 0.467. The molecule has 30 heavy (non-hydrogen) atoms. The zero-order chi connectivity index (χ0) is 22.6. The number of ketones is 1. The van der Waals surface area contributed by atoms with Gasteiger partial charge in [-0.05, 0) is 61.2 Å². The molecule has 7 nitrogen and oxygen atoms in total. The molecule has 1 fully saturated rings. The number of hydrogen-bond donors (Lipinski definition) is 3. The first-order chi connectivity index (χ1) is 13.8. The summed E-state index contributed by atoms with van der Waals surface area (Å²) < 4.78 is 10.7. The Labute approximate surface area is 177 Å². The van der Waals surface area contributed by atoms with Gasteiger partial charge in [-0.25, -0.2) is 0 Å². The van der Waals surface area contributed by atoms with Gasteiger partial charge in [0.2, 0.25) is 11.4 Å². The average Bonchev–Trinajstić information content (AvgIpc) is 3.00. The number of hydrogen-bond acceptors (Lipinski definition) is 7. The van der Waals surface area contributed by atoms with Gasteiger partial charge in [0.15, 0.2) is 5.60 Å². The second-order valence-corrected chi connectivity index (χ2v) is 9.61. The molecule has 1 saturated carbocycles. The van der Waals surface area contributed by atoms with E-state index in [-0.39, 0.29) is 30.8 Å². The van der Waals surface area contributed by atoms with Crippen molar-refractivity contribution in [2.24, 2.45) is 17.8 Å². The van der Waals surface area contributed by atoms with Crippen molar-refractivity contribution in [3.63, 3.8) is 0 Å². The molecule has 0 saturated heterocycles. The summed E-state index contributed by atoms with van der Waals surface area (Å²) in [4.78, 5) is 25.4. The van der Waals surface area contributed by atoms with Crippen molar-refractivity contribution >= 4 is 11.8 Å². The van der Waals surface area contributed by atoms with Crippen LogP contribution in [0.15, 0.2) is 22.8 Å². The molecule has 3 aliphatic carbocycles. The SMILES string of the molecule is COCC1(O)CC[C@@H]2/C1=C\[C@]1(O)C(=C(C(C)C)C(=O)[C@]1(C)OC(C)=O)CC(O)[C@@H]2C. The second-order valence-electron chi connectivity index (χ2n) is 9.61. The van der Waals surface area contributed by atoms with Crippen molar-refractivity contribution in [2.45, 2.75) is 76.8 Å². The van der Waals surface area contributed by atoms with Crippen molar-refractivity contribution in [1.29, 1.82) is 0 Å². The van der Waals surface area contributed by atoms with Crippen molar-refractivity contribution in [3.8, 4) is 0 Å². The maximum Gasteiger partial charge on any atom is 0.303 e. The fourth-order valence-corrected chi connectivity index (χ4v) is 5.68. The number of aliphatic hydroxyl groups excluding tert-OH is 1. The summed E-state index contributed by atoms with van der Waals surface area (Å²) in [7, 11) is 1.49. The van der Waals surface area contributed by atoms with Crippen LogP contribution in [0.4, 0.5) is 0 Å². The van der Waals surface area contributed by atoms with E-state index >= 15 is 0 Å². The monoisotopic (exact) mass is 422 g/mol. The third-order valence-corrected chi connectivity index (χ3v) is 7.32. The van der Waals surface area contributed by atoms with Gasteiger partial charge in [0.1, 0.15) is 5.60 Å². The maximum atomic E-state index is 13.5. The topological polar surface area (TPSA) is 113 Å². The first-order valence-corrected chi connectivity index (χ1v) is 10.6. The molecule has 168 valence electrons. The van der Waals surface area contributed by atoms with Gasteiger partial charge in [0.25, 0.3) is 0 Å². The van der Waals surface area contributed by atoms with E-state index in [2.05, 4.69) is 0 Å². The molecule has 0 amide bonds. The van der Waals surface area contributed by atoms with Crippen LogP contribution in [0.1, 0.15) is 53.9 Å². The van der Waals surface area contributed by atoms with E-state index in [9.17, 15) is 24.9 Å². The van der Waals surface area contributed by atoms with Gasteiger partial charge in [0.05, 0.1) is 12.7 Å². The highest BCUT2D eigenvalue weighted by Crippen LogP contribution is 2.55. The molecule has 6 atom stereocenters. The highest BCUT2D eigenvalue weighted by Gasteiger charge is 2.65. The summed E-state index contributed by atoms with van der Waals surface area (Å²) in [5.74, 6) is -1.77. The summed E-state index contributed by atoms with van der Waals surface area (Å²) in [5, 5.41) is 34.4. The van der Waals surface area contributed by atoms with Crippen molar-refractivity contribution < 1.29 is 34.4 Å². The fourth-order valence-electron chi connectivity index (χ4n) is 5.68. The Morgan fingerprint density at radius 2 is 1.97 bits per heavy atom. The van der Waals surface area contributed by atoms with Gasteiger partial charge >= 0.3 is 5.97 Å². The number of ether oxygens (including phenoxy) is 2. The summed E-state index contributed by atoms with van der Waals surface area (Å²) in [6.45, 7) is 8.23. The lowest BCUT2D eigenvalue weighted by atomic mass is 9.70. The maximum absolute atomic E-state index is 13.5. The first kappa shape index (κ1) is 23.1. The normalized spacial score (nSPS) is 43.1. The minimum Gasteiger partial charge on any atom is -0.447 e. The Balaban J connectivity index is 2.33. The van der Waals surface area contributed by atoms with Gasteiger partial charge in [0, 0.05) is 19.6 Å². The molecular formula is C23H34O7. The van der Waals surface area contributed by atoms with Crippen LogP contribution < -0.4 is 0 Å². The van der Waals surface area contributed by atoms with Crippen LogP contribution in [0.5, 0.6) is 0 Å². The molecule has 3 N–H and O–H groups in total. The molecule has 0 heterocycles. The molecule has 0 aliphatic heterocycles. The summed E-state index contributed by atoms with van der Waals surface area (Å²) >= 11 is 0. The van der Waals surface area contributed by atoms with Crippen LogP contribution in [0.3, 0.4) is 0 Å². The molecule has 3 aliphatic rings. The minimum atomic E-state index is -1.96. The van der Waals surface area contributed by atoms with Crippen molar-refractivity contribution in [1.82, 2.24) is 0 Å². The molecule has 0 bridgehead atoms. The van der Waals surface area contributed by atoms with E-state index < -0.39 is 34.7 Å². The number of fused-ring (bicyclic) bond motifs is 2. The lowest BCUT2D eigenvalue weighted by Crippen LogP contribution is -2.57. The van der Waals surface area contributed by atoms with Gasteiger partial charge in [-0.2, -0.15) is 0 Å². The van der Waals surface area contributed by atoms with Crippen LogP contribution in [0, 0.1) is 17.8 Å². The van der Waals surface area contributed by atoms with Crippen molar-refractivity contribution in [2.75, 3.05) is 13.7 Å². The lowest BCUT2D eigenvalue weighted by molar-refractivity contribution is -0.177.